The van der Waals surface area contributed by atoms with Gasteiger partial charge in [-0.15, -0.1) is 0 Å². The number of hydrogen-bond acceptors (Lipinski definition) is 5. The van der Waals surface area contributed by atoms with Crippen LogP contribution in [0.15, 0.2) is 41.3 Å². The Kier molecular flexibility index (Phi) is 6.93. The second-order valence-electron chi connectivity index (χ2n) is 6.91. The largest absolute Gasteiger partial charge is 0.449 e. The Labute approximate surface area is 183 Å². The Morgan fingerprint density at radius 2 is 1.81 bits per heavy atom. The van der Waals surface area contributed by atoms with E-state index in [-0.39, 0.29) is 15.5 Å². The van der Waals surface area contributed by atoms with Gasteiger partial charge in [-0.3, -0.25) is 4.79 Å². The predicted molar refractivity (Wildman–Crippen MR) is 109 cm³/mol. The number of nitrogens with zero attached hydrogens (tertiary/aromatic N) is 1. The van der Waals surface area contributed by atoms with Crippen LogP contribution in [-0.2, 0) is 19.6 Å². The first-order chi connectivity index (χ1) is 14.6. The molecule has 0 radical (unpaired) electrons. The van der Waals surface area contributed by atoms with Crippen LogP contribution in [0.1, 0.15) is 30.1 Å². The Morgan fingerprint density at radius 1 is 1.13 bits per heavy atom. The van der Waals surface area contributed by atoms with Gasteiger partial charge in [0.25, 0.3) is 5.91 Å². The molecule has 166 valence electrons. The number of halogens is 3. The van der Waals surface area contributed by atoms with Gasteiger partial charge in [-0.2, -0.15) is 4.31 Å². The molecular weight excluding hydrogens is 454 g/mol. The number of carbonyl (C=O) groups is 2. The SMILES string of the molecule is CC(OC(=O)c1cc(S(=O)(=O)N2CCCC2)ccc1Cl)C(=O)Nc1cc(F)ccc1F. The molecule has 0 bridgehead atoms. The quantitative estimate of drug-likeness (QED) is 0.649. The molecule has 1 saturated heterocycles. The van der Waals surface area contributed by atoms with Crippen molar-refractivity contribution in [3.8, 4) is 0 Å². The monoisotopic (exact) mass is 472 g/mol. The second kappa shape index (κ2) is 9.29. The molecule has 2 aromatic carbocycles. The molecule has 1 heterocycles. The highest BCUT2D eigenvalue weighted by molar-refractivity contribution is 7.89. The van der Waals surface area contributed by atoms with Gasteiger partial charge in [0, 0.05) is 19.2 Å². The van der Waals surface area contributed by atoms with Crippen molar-refractivity contribution < 1.29 is 31.5 Å². The number of hydrogen-bond donors (Lipinski definition) is 1. The molecule has 11 heteroatoms. The average molecular weight is 473 g/mol. The summed E-state index contributed by atoms with van der Waals surface area (Å²) in [5.41, 5.74) is -0.650. The number of sulfonamides is 1. The van der Waals surface area contributed by atoms with Crippen LogP contribution in [0.3, 0.4) is 0 Å². The predicted octanol–water partition coefficient (Wildman–Crippen LogP) is 3.59. The van der Waals surface area contributed by atoms with Crippen LogP contribution in [-0.4, -0.2) is 43.8 Å². The maximum absolute atomic E-state index is 13.7. The lowest BCUT2D eigenvalue weighted by molar-refractivity contribution is -0.123. The molecule has 3 rings (SSSR count). The first-order valence-electron chi connectivity index (χ1n) is 9.36. The highest BCUT2D eigenvalue weighted by Gasteiger charge is 2.29. The molecule has 1 N–H and O–H groups in total. The Hall–Kier alpha value is -2.56. The van der Waals surface area contributed by atoms with Crippen molar-refractivity contribution in [3.63, 3.8) is 0 Å². The molecule has 0 saturated carbocycles. The number of nitrogens with one attached hydrogen (secondary N) is 1. The van der Waals surface area contributed by atoms with Gasteiger partial charge in [-0.1, -0.05) is 11.6 Å². The van der Waals surface area contributed by atoms with Crippen LogP contribution in [0, 0.1) is 11.6 Å². The van der Waals surface area contributed by atoms with E-state index in [1.54, 1.807) is 0 Å². The Morgan fingerprint density at radius 3 is 2.48 bits per heavy atom. The van der Waals surface area contributed by atoms with Crippen LogP contribution in [0.2, 0.25) is 5.02 Å². The minimum absolute atomic E-state index is 0.0610. The van der Waals surface area contributed by atoms with Gasteiger partial charge < -0.3 is 10.1 Å². The van der Waals surface area contributed by atoms with E-state index in [4.69, 9.17) is 16.3 Å². The fraction of sp³-hybridized carbons (Fsp3) is 0.300. The zero-order valence-electron chi connectivity index (χ0n) is 16.4. The number of ether oxygens (including phenoxy) is 1. The highest BCUT2D eigenvalue weighted by Crippen LogP contribution is 2.26. The Balaban J connectivity index is 1.75. The topological polar surface area (TPSA) is 92.8 Å². The average Bonchev–Trinajstić information content (AvgIpc) is 3.26. The zero-order chi connectivity index (χ0) is 22.8. The summed E-state index contributed by atoms with van der Waals surface area (Å²) in [6.07, 6.45) is 0.102. The molecule has 7 nitrogen and oxygen atoms in total. The van der Waals surface area contributed by atoms with E-state index >= 15 is 0 Å². The molecule has 31 heavy (non-hydrogen) atoms. The molecule has 1 aliphatic heterocycles. The number of esters is 1. The summed E-state index contributed by atoms with van der Waals surface area (Å²) < 4.78 is 58.7. The molecule has 1 atom stereocenters. The molecular formula is C20H19ClF2N2O5S. The molecule has 1 aliphatic rings. The maximum atomic E-state index is 13.7. The van der Waals surface area contributed by atoms with Gasteiger partial charge in [0.2, 0.25) is 10.0 Å². The minimum Gasteiger partial charge on any atom is -0.449 e. The lowest BCUT2D eigenvalue weighted by Crippen LogP contribution is -2.31. The van der Waals surface area contributed by atoms with Gasteiger partial charge in [0.15, 0.2) is 6.10 Å². The number of carbonyl (C=O) groups excluding carboxylic acids is 2. The summed E-state index contributed by atoms with van der Waals surface area (Å²) in [5, 5.41) is 2.07. The van der Waals surface area contributed by atoms with Crippen LogP contribution in [0.25, 0.3) is 0 Å². The Bertz CT molecular complexity index is 1120. The van der Waals surface area contributed by atoms with Gasteiger partial charge in [0.05, 0.1) is 21.2 Å². The number of benzene rings is 2. The van der Waals surface area contributed by atoms with Crippen molar-refractivity contribution in [2.24, 2.45) is 0 Å². The van der Waals surface area contributed by atoms with Crippen LogP contribution in [0.5, 0.6) is 0 Å². The van der Waals surface area contributed by atoms with Crippen molar-refractivity contribution in [1.29, 1.82) is 0 Å². The first kappa shape index (κ1) is 23.1. The lowest BCUT2D eigenvalue weighted by atomic mass is 10.2. The van der Waals surface area contributed by atoms with Crippen molar-refractivity contribution in [2.75, 3.05) is 18.4 Å². The summed E-state index contributed by atoms with van der Waals surface area (Å²) in [4.78, 5) is 24.6. The van der Waals surface area contributed by atoms with Crippen molar-refractivity contribution in [2.45, 2.75) is 30.8 Å². The van der Waals surface area contributed by atoms with E-state index in [1.807, 2.05) is 0 Å². The van der Waals surface area contributed by atoms with E-state index in [0.29, 0.717) is 13.1 Å². The van der Waals surface area contributed by atoms with Crippen molar-refractivity contribution in [1.82, 2.24) is 4.31 Å². The van der Waals surface area contributed by atoms with Crippen LogP contribution < -0.4 is 5.32 Å². The third kappa shape index (κ3) is 5.20. The smallest absolute Gasteiger partial charge is 0.340 e. The van der Waals surface area contributed by atoms with E-state index < -0.39 is 45.3 Å². The van der Waals surface area contributed by atoms with E-state index in [2.05, 4.69) is 5.32 Å². The summed E-state index contributed by atoms with van der Waals surface area (Å²) in [6.45, 7) is 2.00. The number of rotatable bonds is 6. The van der Waals surface area contributed by atoms with E-state index in [0.717, 1.165) is 37.1 Å². The minimum atomic E-state index is -3.80. The van der Waals surface area contributed by atoms with Crippen LogP contribution >= 0.6 is 11.6 Å². The van der Waals surface area contributed by atoms with Crippen molar-refractivity contribution >= 4 is 39.2 Å². The first-order valence-corrected chi connectivity index (χ1v) is 11.2. The number of amides is 1. The number of anilines is 1. The van der Waals surface area contributed by atoms with Crippen LogP contribution in [0.4, 0.5) is 14.5 Å². The summed E-state index contributed by atoms with van der Waals surface area (Å²) in [7, 11) is -3.80. The summed E-state index contributed by atoms with van der Waals surface area (Å²) in [6, 6.07) is 6.15. The van der Waals surface area contributed by atoms with Gasteiger partial charge >= 0.3 is 5.97 Å². The molecule has 0 spiro atoms. The van der Waals surface area contributed by atoms with Gasteiger partial charge in [0.1, 0.15) is 11.6 Å². The van der Waals surface area contributed by atoms with E-state index in [1.165, 1.54) is 23.4 Å². The summed E-state index contributed by atoms with van der Waals surface area (Å²) >= 11 is 6.03. The standard InChI is InChI=1S/C20H19ClF2N2O5S/c1-12(19(26)24-18-10-13(22)4-7-17(18)23)30-20(27)15-11-14(5-6-16(15)21)31(28,29)25-8-2-3-9-25/h4-7,10-12H,2-3,8-9H2,1H3,(H,24,26). The van der Waals surface area contributed by atoms with Gasteiger partial charge in [-0.25, -0.2) is 22.0 Å². The fourth-order valence-corrected chi connectivity index (χ4v) is 4.74. The third-order valence-corrected chi connectivity index (χ3v) is 6.92. The van der Waals surface area contributed by atoms with Gasteiger partial charge in [-0.05, 0) is 50.1 Å². The maximum Gasteiger partial charge on any atom is 0.340 e. The molecule has 1 unspecified atom stereocenters. The highest BCUT2D eigenvalue weighted by atomic mass is 35.5. The molecule has 1 fully saturated rings. The van der Waals surface area contributed by atoms with E-state index in [9.17, 15) is 26.8 Å². The molecule has 0 aliphatic carbocycles. The summed E-state index contributed by atoms with van der Waals surface area (Å²) in [5.74, 6) is -3.57. The zero-order valence-corrected chi connectivity index (χ0v) is 18.0. The van der Waals surface area contributed by atoms with Crippen molar-refractivity contribution in [3.05, 3.63) is 58.6 Å². The second-order valence-corrected chi connectivity index (χ2v) is 9.26. The fourth-order valence-electron chi connectivity index (χ4n) is 3.00. The molecule has 1 amide bonds. The normalized spacial score (nSPS) is 15.5. The molecule has 2 aromatic rings. The third-order valence-electron chi connectivity index (χ3n) is 4.70. The molecule has 0 aromatic heterocycles. The lowest BCUT2D eigenvalue weighted by Gasteiger charge is -2.17.